The van der Waals surface area contributed by atoms with Gasteiger partial charge in [0.25, 0.3) is 0 Å². The molecule has 0 spiro atoms. The fourth-order valence-electron chi connectivity index (χ4n) is 2.38. The number of nitrogens with zero attached hydrogens (tertiary/aromatic N) is 2. The van der Waals surface area contributed by atoms with Gasteiger partial charge in [0.15, 0.2) is 5.96 Å². The van der Waals surface area contributed by atoms with Crippen LogP contribution in [0.15, 0.2) is 84.0 Å². The van der Waals surface area contributed by atoms with Crippen molar-refractivity contribution in [2.75, 3.05) is 7.05 Å². The SMILES string of the molecule is CN=C(NCc1ccc(Oc2ccccc2)cc1)NCc1ccccn1.I. The summed E-state index contributed by atoms with van der Waals surface area (Å²) in [5, 5.41) is 6.55. The highest BCUT2D eigenvalue weighted by Crippen LogP contribution is 2.20. The highest BCUT2D eigenvalue weighted by Gasteiger charge is 2.01. The second-order valence-electron chi connectivity index (χ2n) is 5.66. The van der Waals surface area contributed by atoms with Crippen molar-refractivity contribution in [2.45, 2.75) is 13.1 Å². The number of hydrogen-bond acceptors (Lipinski definition) is 3. The summed E-state index contributed by atoms with van der Waals surface area (Å²) in [7, 11) is 1.75. The fourth-order valence-corrected chi connectivity index (χ4v) is 2.38. The fraction of sp³-hybridized carbons (Fsp3) is 0.143. The summed E-state index contributed by atoms with van der Waals surface area (Å²) in [6.07, 6.45) is 1.78. The maximum atomic E-state index is 5.80. The molecule has 0 aliphatic heterocycles. The second kappa shape index (κ2) is 11.2. The molecule has 0 radical (unpaired) electrons. The van der Waals surface area contributed by atoms with Gasteiger partial charge in [-0.3, -0.25) is 9.98 Å². The predicted molar refractivity (Wildman–Crippen MR) is 120 cm³/mol. The summed E-state index contributed by atoms with van der Waals surface area (Å²) >= 11 is 0. The van der Waals surface area contributed by atoms with Crippen molar-refractivity contribution in [3.05, 3.63) is 90.3 Å². The maximum Gasteiger partial charge on any atom is 0.191 e. The number of guanidine groups is 1. The Labute approximate surface area is 176 Å². The first-order valence-corrected chi connectivity index (χ1v) is 8.50. The van der Waals surface area contributed by atoms with Crippen molar-refractivity contribution in [1.29, 1.82) is 0 Å². The largest absolute Gasteiger partial charge is 0.457 e. The zero-order chi connectivity index (χ0) is 18.0. The van der Waals surface area contributed by atoms with Crippen LogP contribution < -0.4 is 15.4 Å². The van der Waals surface area contributed by atoms with Gasteiger partial charge < -0.3 is 15.4 Å². The van der Waals surface area contributed by atoms with E-state index in [4.69, 9.17) is 4.74 Å². The standard InChI is InChI=1S/C21H22N4O.HI/c1-22-21(25-16-18-7-5-6-14-23-18)24-15-17-10-12-20(13-11-17)26-19-8-3-2-4-9-19;/h2-14H,15-16H2,1H3,(H2,22,24,25);1H. The smallest absolute Gasteiger partial charge is 0.191 e. The zero-order valence-electron chi connectivity index (χ0n) is 15.1. The van der Waals surface area contributed by atoms with Gasteiger partial charge in [0.2, 0.25) is 0 Å². The lowest BCUT2D eigenvalue weighted by atomic mass is 10.2. The Morgan fingerprint density at radius 1 is 0.852 bits per heavy atom. The van der Waals surface area contributed by atoms with Crippen LogP contribution in [-0.4, -0.2) is 18.0 Å². The monoisotopic (exact) mass is 474 g/mol. The van der Waals surface area contributed by atoms with Crippen molar-refractivity contribution in [3.63, 3.8) is 0 Å². The molecular formula is C21H23IN4O. The number of halogens is 1. The third-order valence-electron chi connectivity index (χ3n) is 3.75. The highest BCUT2D eigenvalue weighted by molar-refractivity contribution is 14.0. The van der Waals surface area contributed by atoms with E-state index in [2.05, 4.69) is 20.6 Å². The summed E-state index contributed by atoms with van der Waals surface area (Å²) in [4.78, 5) is 8.52. The van der Waals surface area contributed by atoms with Crippen LogP contribution in [0.3, 0.4) is 0 Å². The quantitative estimate of drug-likeness (QED) is 0.317. The number of aliphatic imine (C=N–C) groups is 1. The van der Waals surface area contributed by atoms with Gasteiger partial charge in [0.05, 0.1) is 12.2 Å². The lowest BCUT2D eigenvalue weighted by Gasteiger charge is -2.12. The number of para-hydroxylation sites is 1. The molecule has 1 aromatic heterocycles. The number of ether oxygens (including phenoxy) is 1. The minimum atomic E-state index is 0. The minimum Gasteiger partial charge on any atom is -0.457 e. The van der Waals surface area contributed by atoms with E-state index < -0.39 is 0 Å². The van der Waals surface area contributed by atoms with E-state index in [1.807, 2.05) is 72.8 Å². The topological polar surface area (TPSA) is 58.5 Å². The molecule has 0 aliphatic rings. The first-order chi connectivity index (χ1) is 12.8. The van der Waals surface area contributed by atoms with Crippen molar-refractivity contribution in [3.8, 4) is 11.5 Å². The van der Waals surface area contributed by atoms with Gasteiger partial charge in [0, 0.05) is 19.8 Å². The van der Waals surface area contributed by atoms with Gasteiger partial charge in [-0.25, -0.2) is 0 Å². The van der Waals surface area contributed by atoms with E-state index >= 15 is 0 Å². The van der Waals surface area contributed by atoms with Crippen LogP contribution in [0.4, 0.5) is 0 Å². The van der Waals surface area contributed by atoms with Gasteiger partial charge in [-0.15, -0.1) is 24.0 Å². The van der Waals surface area contributed by atoms with E-state index in [9.17, 15) is 0 Å². The van der Waals surface area contributed by atoms with Crippen LogP contribution in [0.5, 0.6) is 11.5 Å². The normalized spacial score (nSPS) is 10.6. The van der Waals surface area contributed by atoms with E-state index in [1.165, 1.54) is 0 Å². The summed E-state index contributed by atoms with van der Waals surface area (Å²) in [6.45, 7) is 1.30. The summed E-state index contributed by atoms with van der Waals surface area (Å²) in [5.74, 6) is 2.38. The van der Waals surface area contributed by atoms with Gasteiger partial charge in [-0.2, -0.15) is 0 Å². The summed E-state index contributed by atoms with van der Waals surface area (Å²) < 4.78 is 5.80. The van der Waals surface area contributed by atoms with E-state index in [-0.39, 0.29) is 24.0 Å². The molecule has 0 unspecified atom stereocenters. The van der Waals surface area contributed by atoms with Crippen LogP contribution in [0.25, 0.3) is 0 Å². The van der Waals surface area contributed by atoms with Crippen LogP contribution in [0, 0.1) is 0 Å². The molecule has 3 aromatic rings. The van der Waals surface area contributed by atoms with Gasteiger partial charge in [-0.05, 0) is 42.0 Å². The number of hydrogen-bond donors (Lipinski definition) is 2. The molecule has 1 heterocycles. The molecule has 3 rings (SSSR count). The summed E-state index contributed by atoms with van der Waals surface area (Å²) in [5.41, 5.74) is 2.11. The Kier molecular flexibility index (Phi) is 8.57. The third kappa shape index (κ3) is 6.90. The maximum absolute atomic E-state index is 5.80. The molecule has 0 amide bonds. The number of aromatic nitrogens is 1. The second-order valence-corrected chi connectivity index (χ2v) is 5.66. The van der Waals surface area contributed by atoms with Gasteiger partial charge >= 0.3 is 0 Å². The molecule has 0 atom stereocenters. The average Bonchev–Trinajstić information content (AvgIpc) is 2.71. The molecule has 140 valence electrons. The molecule has 0 fully saturated rings. The molecular weight excluding hydrogens is 451 g/mol. The molecule has 0 saturated heterocycles. The Balaban J connectivity index is 0.00000261. The number of nitrogens with one attached hydrogen (secondary N) is 2. The molecule has 0 saturated carbocycles. The van der Waals surface area contributed by atoms with Gasteiger partial charge in [-0.1, -0.05) is 36.4 Å². The highest BCUT2D eigenvalue weighted by atomic mass is 127. The average molecular weight is 474 g/mol. The lowest BCUT2D eigenvalue weighted by molar-refractivity contribution is 0.482. The molecule has 2 N–H and O–H groups in total. The van der Waals surface area contributed by atoms with E-state index in [0.29, 0.717) is 13.1 Å². The zero-order valence-corrected chi connectivity index (χ0v) is 17.5. The minimum absolute atomic E-state index is 0. The van der Waals surface area contributed by atoms with E-state index in [1.54, 1.807) is 13.2 Å². The summed E-state index contributed by atoms with van der Waals surface area (Å²) in [6, 6.07) is 23.6. The van der Waals surface area contributed by atoms with Crippen molar-refractivity contribution < 1.29 is 4.74 Å². The molecule has 6 heteroatoms. The molecule has 0 bridgehead atoms. The number of benzene rings is 2. The van der Waals surface area contributed by atoms with Crippen LogP contribution in [0.2, 0.25) is 0 Å². The first kappa shape index (κ1) is 20.7. The third-order valence-corrected chi connectivity index (χ3v) is 3.75. The first-order valence-electron chi connectivity index (χ1n) is 8.50. The van der Waals surface area contributed by atoms with Crippen molar-refractivity contribution in [2.24, 2.45) is 4.99 Å². The number of pyridine rings is 1. The van der Waals surface area contributed by atoms with E-state index in [0.717, 1.165) is 28.7 Å². The van der Waals surface area contributed by atoms with Gasteiger partial charge in [0.1, 0.15) is 11.5 Å². The predicted octanol–water partition coefficient (Wildman–Crippen LogP) is 4.36. The Hall–Kier alpha value is -2.61. The Morgan fingerprint density at radius 3 is 2.19 bits per heavy atom. The van der Waals surface area contributed by atoms with Crippen LogP contribution in [-0.2, 0) is 13.1 Å². The number of rotatable bonds is 6. The lowest BCUT2D eigenvalue weighted by Crippen LogP contribution is -2.36. The molecule has 2 aromatic carbocycles. The molecule has 0 aliphatic carbocycles. The van der Waals surface area contributed by atoms with Crippen LogP contribution in [0.1, 0.15) is 11.3 Å². The Bertz CT molecular complexity index is 824. The molecule has 5 nitrogen and oxygen atoms in total. The van der Waals surface area contributed by atoms with Crippen molar-refractivity contribution >= 4 is 29.9 Å². The van der Waals surface area contributed by atoms with Crippen LogP contribution >= 0.6 is 24.0 Å². The Morgan fingerprint density at radius 2 is 1.52 bits per heavy atom. The molecule has 27 heavy (non-hydrogen) atoms. The van der Waals surface area contributed by atoms with Crippen molar-refractivity contribution in [1.82, 2.24) is 15.6 Å².